The van der Waals surface area contributed by atoms with E-state index in [-0.39, 0.29) is 6.04 Å². The van der Waals surface area contributed by atoms with Crippen LogP contribution in [0.3, 0.4) is 0 Å². The van der Waals surface area contributed by atoms with Crippen LogP contribution in [0, 0.1) is 6.92 Å². The summed E-state index contributed by atoms with van der Waals surface area (Å²) in [4.78, 5) is 5.52. The standard InChI is InChI=1S/C14H18N2OS/c1-10(15)12-4-3-5-13(8-12)17-7-6-14-11(2)16-9-18-14/h3-5,8-10H,6-7,15H2,1-2H3/t10-/m0/s1. The summed E-state index contributed by atoms with van der Waals surface area (Å²) in [5.74, 6) is 0.881. The summed E-state index contributed by atoms with van der Waals surface area (Å²) in [6.07, 6.45) is 0.902. The second-order valence-corrected chi connectivity index (χ2v) is 5.26. The average Bonchev–Trinajstić information content (AvgIpc) is 2.76. The molecule has 0 aliphatic rings. The fourth-order valence-electron chi connectivity index (χ4n) is 1.72. The third-order valence-electron chi connectivity index (χ3n) is 2.83. The Morgan fingerprint density at radius 3 is 2.94 bits per heavy atom. The molecule has 0 bridgehead atoms. The van der Waals surface area contributed by atoms with Gasteiger partial charge in [-0.1, -0.05) is 12.1 Å². The number of nitrogens with zero attached hydrogens (tertiary/aromatic N) is 1. The Morgan fingerprint density at radius 2 is 2.28 bits per heavy atom. The van der Waals surface area contributed by atoms with Gasteiger partial charge >= 0.3 is 0 Å². The van der Waals surface area contributed by atoms with E-state index in [1.165, 1.54) is 4.88 Å². The van der Waals surface area contributed by atoms with Crippen molar-refractivity contribution in [3.05, 3.63) is 45.9 Å². The highest BCUT2D eigenvalue weighted by molar-refractivity contribution is 7.09. The second kappa shape index (κ2) is 5.98. The molecule has 18 heavy (non-hydrogen) atoms. The summed E-state index contributed by atoms with van der Waals surface area (Å²) in [6, 6.07) is 8.00. The van der Waals surface area contributed by atoms with Crippen molar-refractivity contribution in [3.8, 4) is 5.75 Å². The van der Waals surface area contributed by atoms with Gasteiger partial charge in [-0.3, -0.25) is 0 Å². The van der Waals surface area contributed by atoms with E-state index in [2.05, 4.69) is 4.98 Å². The topological polar surface area (TPSA) is 48.1 Å². The van der Waals surface area contributed by atoms with E-state index < -0.39 is 0 Å². The SMILES string of the molecule is Cc1ncsc1CCOc1cccc([C@H](C)N)c1. The molecule has 0 aliphatic heterocycles. The third-order valence-corrected chi connectivity index (χ3v) is 3.82. The summed E-state index contributed by atoms with van der Waals surface area (Å²) in [7, 11) is 0. The maximum Gasteiger partial charge on any atom is 0.119 e. The Hall–Kier alpha value is -1.39. The quantitative estimate of drug-likeness (QED) is 0.900. The molecule has 4 heteroatoms. The number of rotatable bonds is 5. The molecule has 1 aromatic heterocycles. The van der Waals surface area contributed by atoms with Crippen LogP contribution in [0.5, 0.6) is 5.75 Å². The van der Waals surface area contributed by atoms with Crippen molar-refractivity contribution < 1.29 is 4.74 Å². The van der Waals surface area contributed by atoms with E-state index in [1.54, 1.807) is 11.3 Å². The maximum absolute atomic E-state index is 5.85. The molecule has 96 valence electrons. The first-order valence-corrected chi connectivity index (χ1v) is 6.92. The zero-order valence-electron chi connectivity index (χ0n) is 10.7. The monoisotopic (exact) mass is 262 g/mol. The molecule has 0 spiro atoms. The van der Waals surface area contributed by atoms with Crippen molar-refractivity contribution in [2.45, 2.75) is 26.3 Å². The maximum atomic E-state index is 5.85. The van der Waals surface area contributed by atoms with E-state index in [0.29, 0.717) is 6.61 Å². The van der Waals surface area contributed by atoms with Gasteiger partial charge in [0.1, 0.15) is 5.75 Å². The molecule has 0 amide bonds. The molecule has 2 N–H and O–H groups in total. The Bertz CT molecular complexity index is 508. The molecular weight excluding hydrogens is 244 g/mol. The number of nitrogens with two attached hydrogens (primary N) is 1. The lowest BCUT2D eigenvalue weighted by Gasteiger charge is -2.09. The normalized spacial score (nSPS) is 12.4. The van der Waals surface area contributed by atoms with Crippen molar-refractivity contribution in [1.82, 2.24) is 4.98 Å². The van der Waals surface area contributed by atoms with Crippen molar-refractivity contribution >= 4 is 11.3 Å². The van der Waals surface area contributed by atoms with Gasteiger partial charge < -0.3 is 10.5 Å². The Morgan fingerprint density at radius 1 is 1.44 bits per heavy atom. The van der Waals surface area contributed by atoms with Gasteiger partial charge in [0, 0.05) is 17.3 Å². The van der Waals surface area contributed by atoms with Crippen LogP contribution in [0.15, 0.2) is 29.8 Å². The minimum absolute atomic E-state index is 0.0392. The molecule has 0 saturated carbocycles. The minimum atomic E-state index is 0.0392. The number of ether oxygens (including phenoxy) is 1. The van der Waals surface area contributed by atoms with E-state index >= 15 is 0 Å². The van der Waals surface area contributed by atoms with Crippen LogP contribution in [0.25, 0.3) is 0 Å². The molecule has 1 heterocycles. The van der Waals surface area contributed by atoms with E-state index in [4.69, 9.17) is 10.5 Å². The van der Waals surface area contributed by atoms with Crippen molar-refractivity contribution in [2.24, 2.45) is 5.73 Å². The predicted octanol–water partition coefficient (Wildman–Crippen LogP) is 3.09. The number of aryl methyl sites for hydroxylation is 1. The highest BCUT2D eigenvalue weighted by atomic mass is 32.1. The zero-order chi connectivity index (χ0) is 13.0. The minimum Gasteiger partial charge on any atom is -0.493 e. The highest BCUT2D eigenvalue weighted by Gasteiger charge is 2.03. The first-order chi connectivity index (χ1) is 8.66. The smallest absolute Gasteiger partial charge is 0.119 e. The number of thiazole rings is 1. The largest absolute Gasteiger partial charge is 0.493 e. The summed E-state index contributed by atoms with van der Waals surface area (Å²) in [5, 5.41) is 0. The number of hydrogen-bond acceptors (Lipinski definition) is 4. The van der Waals surface area contributed by atoms with Crippen LogP contribution in [0.4, 0.5) is 0 Å². The number of hydrogen-bond donors (Lipinski definition) is 1. The highest BCUT2D eigenvalue weighted by Crippen LogP contribution is 2.18. The Labute approximate surface area is 112 Å². The van der Waals surface area contributed by atoms with Crippen molar-refractivity contribution in [2.75, 3.05) is 6.61 Å². The van der Waals surface area contributed by atoms with Gasteiger partial charge in [0.15, 0.2) is 0 Å². The predicted molar refractivity (Wildman–Crippen MR) is 75.1 cm³/mol. The fourth-order valence-corrected chi connectivity index (χ4v) is 2.48. The van der Waals surface area contributed by atoms with Gasteiger partial charge in [0.2, 0.25) is 0 Å². The molecule has 1 atom stereocenters. The van der Waals surface area contributed by atoms with Crippen molar-refractivity contribution in [1.29, 1.82) is 0 Å². The van der Waals surface area contributed by atoms with Crippen LogP contribution < -0.4 is 10.5 Å². The molecule has 2 aromatic rings. The molecular formula is C14H18N2OS. The molecule has 3 nitrogen and oxygen atoms in total. The fraction of sp³-hybridized carbons (Fsp3) is 0.357. The van der Waals surface area contributed by atoms with Crippen LogP contribution in [-0.2, 0) is 6.42 Å². The second-order valence-electron chi connectivity index (χ2n) is 4.32. The summed E-state index contributed by atoms with van der Waals surface area (Å²) in [6.45, 7) is 4.67. The molecule has 0 unspecified atom stereocenters. The van der Waals surface area contributed by atoms with Gasteiger partial charge in [-0.25, -0.2) is 4.98 Å². The van der Waals surface area contributed by atoms with Gasteiger partial charge in [0.25, 0.3) is 0 Å². The Kier molecular flexibility index (Phi) is 4.33. The Balaban J connectivity index is 1.90. The van der Waals surface area contributed by atoms with Gasteiger partial charge in [-0.2, -0.15) is 0 Å². The first-order valence-electron chi connectivity index (χ1n) is 6.04. The van der Waals surface area contributed by atoms with Crippen LogP contribution in [-0.4, -0.2) is 11.6 Å². The van der Waals surface area contributed by atoms with Gasteiger partial charge in [-0.05, 0) is 31.5 Å². The molecule has 2 rings (SSSR count). The van der Waals surface area contributed by atoms with Crippen LogP contribution in [0.1, 0.15) is 29.1 Å². The lowest BCUT2D eigenvalue weighted by atomic mass is 10.1. The summed E-state index contributed by atoms with van der Waals surface area (Å²) >= 11 is 1.68. The molecule has 0 aliphatic carbocycles. The number of aromatic nitrogens is 1. The van der Waals surface area contributed by atoms with E-state index in [0.717, 1.165) is 23.4 Å². The lowest BCUT2D eigenvalue weighted by Crippen LogP contribution is -2.06. The third kappa shape index (κ3) is 3.31. The van der Waals surface area contributed by atoms with Gasteiger partial charge in [-0.15, -0.1) is 11.3 Å². The van der Waals surface area contributed by atoms with Crippen LogP contribution >= 0.6 is 11.3 Å². The summed E-state index contributed by atoms with van der Waals surface area (Å²) < 4.78 is 5.75. The lowest BCUT2D eigenvalue weighted by molar-refractivity contribution is 0.322. The molecule has 1 aromatic carbocycles. The first kappa shape index (κ1) is 13.1. The average molecular weight is 262 g/mol. The van der Waals surface area contributed by atoms with E-state index in [1.807, 2.05) is 43.6 Å². The van der Waals surface area contributed by atoms with E-state index in [9.17, 15) is 0 Å². The van der Waals surface area contributed by atoms with Gasteiger partial charge in [0.05, 0.1) is 17.8 Å². The zero-order valence-corrected chi connectivity index (χ0v) is 11.5. The summed E-state index contributed by atoms with van der Waals surface area (Å²) in [5.41, 5.74) is 9.93. The molecule has 0 saturated heterocycles. The van der Waals surface area contributed by atoms with Crippen LogP contribution in [0.2, 0.25) is 0 Å². The molecule has 0 fully saturated rings. The molecule has 0 radical (unpaired) electrons. The number of benzene rings is 1. The van der Waals surface area contributed by atoms with Crippen molar-refractivity contribution in [3.63, 3.8) is 0 Å².